The number of carboxylic acids is 1. The van der Waals surface area contributed by atoms with E-state index < -0.39 is 23.4 Å². The van der Waals surface area contributed by atoms with Crippen molar-refractivity contribution in [1.82, 2.24) is 5.32 Å². The van der Waals surface area contributed by atoms with Gasteiger partial charge in [0, 0.05) is 49.7 Å². The average molecular weight is 277 g/mol. The Morgan fingerprint density at radius 2 is 1.82 bits per heavy atom. The van der Waals surface area contributed by atoms with E-state index in [-0.39, 0.29) is 62.8 Å². The van der Waals surface area contributed by atoms with E-state index in [1.807, 2.05) is 0 Å². The molecule has 0 fully saturated rings. The van der Waals surface area contributed by atoms with E-state index in [0.29, 0.717) is 0 Å². The van der Waals surface area contributed by atoms with Gasteiger partial charge in [-0.1, -0.05) is 13.8 Å². The van der Waals surface area contributed by atoms with Crippen LogP contribution in [0.2, 0.25) is 0 Å². The summed E-state index contributed by atoms with van der Waals surface area (Å²) in [4.78, 5) is 21.4. The van der Waals surface area contributed by atoms with Crippen molar-refractivity contribution < 1.29 is 30.4 Å². The third kappa shape index (κ3) is 8.76. The Hall–Kier alpha value is 0.0797. The normalized spacial score (nSPS) is 11.8. The van der Waals surface area contributed by atoms with Crippen molar-refractivity contribution in [3.63, 3.8) is 0 Å². The van der Waals surface area contributed by atoms with Crippen LogP contribution >= 0.6 is 0 Å². The van der Waals surface area contributed by atoms with Crippen molar-refractivity contribution in [3.05, 3.63) is 0 Å². The first kappa shape index (κ1) is 22.3. The zero-order chi connectivity index (χ0) is 12.1. The molecule has 17 heavy (non-hydrogen) atoms. The molecule has 0 aliphatic rings. The number of aliphatic hydroxyl groups is 2. The summed E-state index contributed by atoms with van der Waals surface area (Å²) in [7, 11) is 0. The van der Waals surface area contributed by atoms with Crippen LogP contribution in [-0.2, 0) is 9.59 Å². The average Bonchev–Trinajstić information content (AvgIpc) is 2.15. The first-order chi connectivity index (χ1) is 6.81. The van der Waals surface area contributed by atoms with Crippen LogP contribution in [0.5, 0.6) is 0 Å². The van der Waals surface area contributed by atoms with Crippen LogP contribution in [-0.4, -0.2) is 89.7 Å². The van der Waals surface area contributed by atoms with E-state index >= 15 is 0 Å². The van der Waals surface area contributed by atoms with Crippen LogP contribution in [0.1, 0.15) is 20.3 Å². The van der Waals surface area contributed by atoms with Crippen molar-refractivity contribution in [1.29, 1.82) is 0 Å². The third-order valence-corrected chi connectivity index (χ3v) is 2.03. The number of carbonyl (C=O) groups is 2. The Kier molecular flexibility index (Phi) is 13.2. The van der Waals surface area contributed by atoms with Gasteiger partial charge in [0.15, 0.2) is 0 Å². The van der Waals surface area contributed by atoms with Gasteiger partial charge in [0.25, 0.3) is 0 Å². The first-order valence-electron chi connectivity index (χ1n) is 4.59. The molecule has 1 amide bonds. The molecule has 0 spiro atoms. The van der Waals surface area contributed by atoms with Crippen molar-refractivity contribution in [3.8, 4) is 0 Å². The van der Waals surface area contributed by atoms with Crippen molar-refractivity contribution >= 4 is 49.6 Å². The molecule has 0 unspecified atom stereocenters. The van der Waals surface area contributed by atoms with Crippen molar-refractivity contribution in [2.75, 3.05) is 13.2 Å². The SMILES string of the molecule is CC(C)(CO)[C@@H](O)C(=O)NCCC(=O)O.O.[Ca]. The summed E-state index contributed by atoms with van der Waals surface area (Å²) >= 11 is 0. The molecular weight excluding hydrogens is 258 g/mol. The van der Waals surface area contributed by atoms with Gasteiger partial charge in [-0.05, 0) is 0 Å². The summed E-state index contributed by atoms with van der Waals surface area (Å²) in [6, 6.07) is 0. The van der Waals surface area contributed by atoms with E-state index in [1.165, 1.54) is 13.8 Å². The summed E-state index contributed by atoms with van der Waals surface area (Å²) in [6.45, 7) is 2.70. The molecule has 6 N–H and O–H groups in total. The fourth-order valence-corrected chi connectivity index (χ4v) is 0.831. The predicted octanol–water partition coefficient (Wildman–Crippen LogP) is -2.25. The number of carboxylic acid groups (broad SMARTS) is 1. The van der Waals surface area contributed by atoms with Gasteiger partial charge in [-0.15, -0.1) is 0 Å². The molecule has 0 aromatic carbocycles. The molecular formula is C9H19CaNO6. The minimum absolute atomic E-state index is 0. The van der Waals surface area contributed by atoms with Gasteiger partial charge in [-0.25, -0.2) is 0 Å². The third-order valence-electron chi connectivity index (χ3n) is 2.03. The van der Waals surface area contributed by atoms with E-state index in [4.69, 9.17) is 10.2 Å². The molecule has 7 nitrogen and oxygen atoms in total. The number of aliphatic carboxylic acids is 1. The van der Waals surface area contributed by atoms with E-state index in [0.717, 1.165) is 0 Å². The number of aliphatic hydroxyl groups excluding tert-OH is 2. The van der Waals surface area contributed by atoms with Gasteiger partial charge < -0.3 is 26.1 Å². The van der Waals surface area contributed by atoms with Gasteiger partial charge in [0.2, 0.25) is 5.91 Å². The van der Waals surface area contributed by atoms with Gasteiger partial charge >= 0.3 is 5.97 Å². The molecule has 0 heterocycles. The summed E-state index contributed by atoms with van der Waals surface area (Å²) in [5.74, 6) is -1.69. The Balaban J connectivity index is -0.000000980. The Morgan fingerprint density at radius 3 is 2.18 bits per heavy atom. The Morgan fingerprint density at radius 1 is 1.35 bits per heavy atom. The second-order valence-corrected chi connectivity index (χ2v) is 3.98. The number of amides is 1. The quantitative estimate of drug-likeness (QED) is 0.406. The fraction of sp³-hybridized carbons (Fsp3) is 0.778. The molecule has 0 aromatic heterocycles. The number of hydrogen-bond donors (Lipinski definition) is 4. The van der Waals surface area contributed by atoms with Gasteiger partial charge in [0.1, 0.15) is 6.10 Å². The molecule has 98 valence electrons. The summed E-state index contributed by atoms with van der Waals surface area (Å²) in [5, 5.41) is 29.0. The van der Waals surface area contributed by atoms with Crippen LogP contribution < -0.4 is 5.32 Å². The zero-order valence-corrected chi connectivity index (χ0v) is 12.3. The van der Waals surface area contributed by atoms with Gasteiger partial charge in [-0.3, -0.25) is 9.59 Å². The monoisotopic (exact) mass is 277 g/mol. The van der Waals surface area contributed by atoms with E-state index in [9.17, 15) is 14.7 Å². The van der Waals surface area contributed by atoms with Gasteiger partial charge in [-0.2, -0.15) is 0 Å². The topological polar surface area (TPSA) is 138 Å². The Bertz CT molecular complexity index is 246. The summed E-state index contributed by atoms with van der Waals surface area (Å²) < 4.78 is 0. The predicted molar refractivity (Wildman–Crippen MR) is 61.5 cm³/mol. The van der Waals surface area contributed by atoms with Crippen LogP contribution in [0.4, 0.5) is 0 Å². The summed E-state index contributed by atoms with van der Waals surface area (Å²) in [5.41, 5.74) is -0.937. The van der Waals surface area contributed by atoms with E-state index in [1.54, 1.807) is 0 Å². The van der Waals surface area contributed by atoms with Crippen LogP contribution in [0, 0.1) is 5.41 Å². The number of hydrogen-bond acceptors (Lipinski definition) is 4. The molecule has 0 bridgehead atoms. The minimum Gasteiger partial charge on any atom is -0.481 e. The van der Waals surface area contributed by atoms with Crippen molar-refractivity contribution in [2.24, 2.45) is 5.41 Å². The maximum atomic E-state index is 11.3. The molecule has 0 aliphatic carbocycles. The smallest absolute Gasteiger partial charge is 0.305 e. The standard InChI is InChI=1S/C9H17NO5.Ca.H2O/c1-9(2,5-11)7(14)8(15)10-4-3-6(12)13;;/h7,11,14H,3-5H2,1-2H3,(H,10,15)(H,12,13);;1H2/t7-;;/m0../s1. The van der Waals surface area contributed by atoms with Gasteiger partial charge in [0.05, 0.1) is 13.0 Å². The molecule has 0 rings (SSSR count). The Labute approximate surface area is 130 Å². The molecule has 2 radical (unpaired) electrons. The second-order valence-electron chi connectivity index (χ2n) is 3.98. The van der Waals surface area contributed by atoms with Crippen molar-refractivity contribution in [2.45, 2.75) is 26.4 Å². The molecule has 0 saturated carbocycles. The molecule has 1 atom stereocenters. The zero-order valence-electron chi connectivity index (χ0n) is 10.1. The molecule has 8 heteroatoms. The van der Waals surface area contributed by atoms with Crippen LogP contribution in [0.3, 0.4) is 0 Å². The molecule has 0 saturated heterocycles. The maximum Gasteiger partial charge on any atom is 0.305 e. The van der Waals surface area contributed by atoms with Crippen LogP contribution in [0.15, 0.2) is 0 Å². The molecule has 0 aromatic rings. The minimum atomic E-state index is -1.35. The second kappa shape index (κ2) is 10.0. The summed E-state index contributed by atoms with van der Waals surface area (Å²) in [6.07, 6.45) is -1.55. The first-order valence-corrected chi connectivity index (χ1v) is 4.59. The number of rotatable bonds is 6. The van der Waals surface area contributed by atoms with Crippen LogP contribution in [0.25, 0.3) is 0 Å². The van der Waals surface area contributed by atoms with E-state index in [2.05, 4.69) is 5.32 Å². The number of nitrogens with one attached hydrogen (secondary N) is 1. The maximum absolute atomic E-state index is 11.3. The fourth-order valence-electron chi connectivity index (χ4n) is 0.831. The number of carbonyl (C=O) groups excluding carboxylic acids is 1. The molecule has 0 aliphatic heterocycles. The largest absolute Gasteiger partial charge is 0.481 e.